The molecule has 4 nitrogen and oxygen atoms in total. The summed E-state index contributed by atoms with van der Waals surface area (Å²) < 4.78 is 10.5. The number of nitrogens with zero attached hydrogens (tertiary/aromatic N) is 1. The van der Waals surface area contributed by atoms with Crippen LogP contribution in [0.25, 0.3) is 0 Å². The number of hydrogen-bond donors (Lipinski definition) is 1. The number of rotatable bonds is 5. The van der Waals surface area contributed by atoms with E-state index >= 15 is 0 Å². The van der Waals surface area contributed by atoms with Gasteiger partial charge in [0.2, 0.25) is 0 Å². The van der Waals surface area contributed by atoms with Crippen LogP contribution in [0, 0.1) is 0 Å². The molecule has 0 spiro atoms. The summed E-state index contributed by atoms with van der Waals surface area (Å²) in [5.41, 5.74) is 2.69. The first-order valence-corrected chi connectivity index (χ1v) is 6.81. The first kappa shape index (κ1) is 15.2. The van der Waals surface area contributed by atoms with E-state index in [0.29, 0.717) is 5.75 Å². The maximum absolute atomic E-state index is 10.1. The Labute approximate surface area is 125 Å². The van der Waals surface area contributed by atoms with Gasteiger partial charge in [-0.05, 0) is 43.3 Å². The van der Waals surface area contributed by atoms with Gasteiger partial charge in [-0.2, -0.15) is 0 Å². The summed E-state index contributed by atoms with van der Waals surface area (Å²) in [5, 5.41) is 10.1. The van der Waals surface area contributed by atoms with Gasteiger partial charge in [-0.3, -0.25) is 0 Å². The highest BCUT2D eigenvalue weighted by atomic mass is 16.5. The van der Waals surface area contributed by atoms with E-state index < -0.39 is 6.10 Å². The van der Waals surface area contributed by atoms with Crippen LogP contribution in [0.15, 0.2) is 42.5 Å². The van der Waals surface area contributed by atoms with Gasteiger partial charge in [0.25, 0.3) is 0 Å². The highest BCUT2D eigenvalue weighted by Gasteiger charge is 2.17. The molecule has 0 heterocycles. The summed E-state index contributed by atoms with van der Waals surface area (Å²) in [6.45, 7) is 1.74. The topological polar surface area (TPSA) is 41.9 Å². The van der Waals surface area contributed by atoms with Crippen LogP contribution in [0.4, 0.5) is 11.4 Å². The number of aliphatic hydroxyl groups excluding tert-OH is 1. The van der Waals surface area contributed by atoms with Gasteiger partial charge < -0.3 is 19.5 Å². The van der Waals surface area contributed by atoms with E-state index in [-0.39, 0.29) is 0 Å². The zero-order valence-corrected chi connectivity index (χ0v) is 12.8. The third kappa shape index (κ3) is 3.11. The normalized spacial score (nSPS) is 11.9. The second-order valence-corrected chi connectivity index (χ2v) is 4.83. The number of anilines is 2. The number of benzene rings is 2. The minimum absolute atomic E-state index is 0.614. The second kappa shape index (κ2) is 6.50. The number of ether oxygens (including phenoxy) is 2. The lowest BCUT2D eigenvalue weighted by molar-refractivity contribution is 0.195. The summed E-state index contributed by atoms with van der Waals surface area (Å²) >= 11 is 0. The molecule has 2 aromatic rings. The Morgan fingerprint density at radius 3 is 2.19 bits per heavy atom. The van der Waals surface area contributed by atoms with Crippen LogP contribution in [-0.2, 0) is 0 Å². The molecule has 0 aromatic heterocycles. The van der Waals surface area contributed by atoms with Crippen LogP contribution in [0.3, 0.4) is 0 Å². The molecule has 0 aliphatic rings. The van der Waals surface area contributed by atoms with E-state index in [0.717, 1.165) is 22.7 Å². The van der Waals surface area contributed by atoms with Crippen LogP contribution in [-0.4, -0.2) is 26.4 Å². The fraction of sp³-hybridized carbons (Fsp3) is 0.294. The summed E-state index contributed by atoms with van der Waals surface area (Å²) in [7, 11) is 5.22. The summed E-state index contributed by atoms with van der Waals surface area (Å²) in [5.74, 6) is 1.50. The summed E-state index contributed by atoms with van der Waals surface area (Å²) in [6.07, 6.45) is -0.614. The zero-order valence-electron chi connectivity index (χ0n) is 12.8. The van der Waals surface area contributed by atoms with Crippen LogP contribution >= 0.6 is 0 Å². The van der Waals surface area contributed by atoms with Crippen LogP contribution in [0.1, 0.15) is 18.6 Å². The van der Waals surface area contributed by atoms with E-state index in [2.05, 4.69) is 0 Å². The van der Waals surface area contributed by atoms with E-state index in [1.54, 1.807) is 21.1 Å². The van der Waals surface area contributed by atoms with Gasteiger partial charge in [-0.1, -0.05) is 6.07 Å². The first-order chi connectivity index (χ1) is 10.1. The highest BCUT2D eigenvalue weighted by molar-refractivity contribution is 5.69. The molecule has 0 radical (unpaired) electrons. The molecular formula is C17H21NO3. The van der Waals surface area contributed by atoms with Gasteiger partial charge >= 0.3 is 0 Å². The molecule has 112 valence electrons. The molecule has 0 saturated heterocycles. The van der Waals surface area contributed by atoms with E-state index in [1.807, 2.05) is 54.4 Å². The molecule has 0 saturated carbocycles. The Morgan fingerprint density at radius 1 is 1.00 bits per heavy atom. The maximum atomic E-state index is 10.1. The molecule has 21 heavy (non-hydrogen) atoms. The van der Waals surface area contributed by atoms with Crippen molar-refractivity contribution in [3.8, 4) is 11.5 Å². The van der Waals surface area contributed by atoms with E-state index in [1.165, 1.54) is 0 Å². The van der Waals surface area contributed by atoms with Crippen molar-refractivity contribution in [3.05, 3.63) is 48.0 Å². The number of aliphatic hydroxyl groups is 1. The molecule has 0 aliphatic heterocycles. The molecule has 0 bridgehead atoms. The van der Waals surface area contributed by atoms with Crippen molar-refractivity contribution >= 4 is 11.4 Å². The van der Waals surface area contributed by atoms with E-state index in [9.17, 15) is 5.11 Å². The van der Waals surface area contributed by atoms with Gasteiger partial charge in [0.15, 0.2) is 0 Å². The highest BCUT2D eigenvalue weighted by Crippen LogP contribution is 2.37. The average Bonchev–Trinajstić information content (AvgIpc) is 2.53. The number of methoxy groups -OCH3 is 2. The Morgan fingerprint density at radius 2 is 1.67 bits per heavy atom. The molecule has 0 amide bonds. The molecule has 0 fully saturated rings. The van der Waals surface area contributed by atoms with Crippen molar-refractivity contribution < 1.29 is 14.6 Å². The summed E-state index contributed by atoms with van der Waals surface area (Å²) in [4.78, 5) is 2.02. The van der Waals surface area contributed by atoms with Gasteiger partial charge in [-0.25, -0.2) is 0 Å². The van der Waals surface area contributed by atoms with Crippen LogP contribution in [0.5, 0.6) is 11.5 Å². The van der Waals surface area contributed by atoms with Gasteiger partial charge in [0.05, 0.1) is 26.0 Å². The quantitative estimate of drug-likeness (QED) is 0.913. The predicted molar refractivity (Wildman–Crippen MR) is 84.7 cm³/mol. The van der Waals surface area contributed by atoms with Crippen LogP contribution in [0.2, 0.25) is 0 Å². The van der Waals surface area contributed by atoms with Crippen molar-refractivity contribution in [1.29, 1.82) is 0 Å². The monoisotopic (exact) mass is 287 g/mol. The first-order valence-electron chi connectivity index (χ1n) is 6.81. The largest absolute Gasteiger partial charge is 0.497 e. The molecule has 2 rings (SSSR count). The predicted octanol–water partition coefficient (Wildman–Crippen LogP) is 3.53. The van der Waals surface area contributed by atoms with Crippen molar-refractivity contribution in [2.45, 2.75) is 13.0 Å². The molecule has 1 N–H and O–H groups in total. The Kier molecular flexibility index (Phi) is 4.70. The lowest BCUT2D eigenvalue weighted by atomic mass is 10.1. The fourth-order valence-electron chi connectivity index (χ4n) is 2.37. The maximum Gasteiger partial charge on any atom is 0.126 e. The second-order valence-electron chi connectivity index (χ2n) is 4.83. The van der Waals surface area contributed by atoms with Crippen molar-refractivity contribution in [1.82, 2.24) is 0 Å². The lowest BCUT2D eigenvalue weighted by Gasteiger charge is -2.25. The minimum atomic E-state index is -0.614. The van der Waals surface area contributed by atoms with E-state index in [4.69, 9.17) is 9.47 Å². The lowest BCUT2D eigenvalue weighted by Crippen LogP contribution is -2.13. The van der Waals surface area contributed by atoms with Gasteiger partial charge in [-0.15, -0.1) is 0 Å². The Bertz CT molecular complexity index is 593. The molecule has 4 heteroatoms. The summed E-state index contributed by atoms with van der Waals surface area (Å²) in [6, 6.07) is 13.5. The third-order valence-electron chi connectivity index (χ3n) is 3.50. The molecular weight excluding hydrogens is 266 g/mol. The number of hydrogen-bond acceptors (Lipinski definition) is 4. The average molecular weight is 287 g/mol. The third-order valence-corrected chi connectivity index (χ3v) is 3.50. The zero-order chi connectivity index (χ0) is 15.4. The molecule has 0 aliphatic carbocycles. The fourth-order valence-corrected chi connectivity index (χ4v) is 2.37. The standard InChI is InChI=1S/C17H21NO3/c1-12(19)17-15(6-5-7-16(17)21-4)18(2)13-8-10-14(20-3)11-9-13/h5-12,19H,1-4H3/t12-/m0/s1. The molecule has 2 aromatic carbocycles. The smallest absolute Gasteiger partial charge is 0.126 e. The van der Waals surface area contributed by atoms with Gasteiger partial charge in [0.1, 0.15) is 11.5 Å². The van der Waals surface area contributed by atoms with Gasteiger partial charge in [0, 0.05) is 18.3 Å². The van der Waals surface area contributed by atoms with Crippen molar-refractivity contribution in [3.63, 3.8) is 0 Å². The SMILES string of the molecule is COc1ccc(N(C)c2cccc(OC)c2[C@H](C)O)cc1. The van der Waals surface area contributed by atoms with Crippen molar-refractivity contribution in [2.75, 3.05) is 26.2 Å². The van der Waals surface area contributed by atoms with Crippen molar-refractivity contribution in [2.24, 2.45) is 0 Å². The van der Waals surface area contributed by atoms with Crippen LogP contribution < -0.4 is 14.4 Å². The Balaban J connectivity index is 2.44. The molecule has 1 atom stereocenters. The molecule has 0 unspecified atom stereocenters. The minimum Gasteiger partial charge on any atom is -0.497 e. The Hall–Kier alpha value is -2.20.